The Morgan fingerprint density at radius 2 is 2.06 bits per heavy atom. The molecule has 0 amide bonds. The van der Waals surface area contributed by atoms with Crippen molar-refractivity contribution in [1.82, 2.24) is 19.5 Å². The second-order valence-electron chi connectivity index (χ2n) is 8.50. The second kappa shape index (κ2) is 8.88. The van der Waals surface area contributed by atoms with Gasteiger partial charge in [0, 0.05) is 12.0 Å². The zero-order chi connectivity index (χ0) is 23.2. The number of fused-ring (bicyclic) bond motifs is 2. The average Bonchev–Trinajstić information content (AvgIpc) is 3.45. The first kappa shape index (κ1) is 22.6. The van der Waals surface area contributed by atoms with Crippen LogP contribution in [0.3, 0.4) is 0 Å². The predicted molar refractivity (Wildman–Crippen MR) is 119 cm³/mol. The lowest BCUT2D eigenvalue weighted by Gasteiger charge is -2.44. The Hall–Kier alpha value is -2.17. The fourth-order valence-electron chi connectivity index (χ4n) is 4.90. The summed E-state index contributed by atoms with van der Waals surface area (Å²) in [5.74, 6) is -0.627. The molecule has 2 aliphatic rings. The number of hydrogen-bond donors (Lipinski definition) is 0. The molecule has 0 radical (unpaired) electrons. The Morgan fingerprint density at radius 3 is 2.82 bits per heavy atom. The number of alkyl halides is 3. The highest BCUT2D eigenvalue weighted by molar-refractivity contribution is 7.13. The van der Waals surface area contributed by atoms with Crippen LogP contribution >= 0.6 is 22.9 Å². The number of carbonyl (C=O) groups excluding carboxylic acids is 1. The molecule has 6 nitrogen and oxygen atoms in total. The second-order valence-corrected chi connectivity index (χ2v) is 9.83. The van der Waals surface area contributed by atoms with Crippen LogP contribution in [-0.2, 0) is 10.9 Å². The van der Waals surface area contributed by atoms with Crippen LogP contribution in [0.15, 0.2) is 23.6 Å². The summed E-state index contributed by atoms with van der Waals surface area (Å²) >= 11 is 7.58. The van der Waals surface area contributed by atoms with Crippen molar-refractivity contribution >= 4 is 34.6 Å². The molecule has 0 saturated carbocycles. The van der Waals surface area contributed by atoms with Crippen LogP contribution in [0.25, 0.3) is 16.2 Å². The van der Waals surface area contributed by atoms with Gasteiger partial charge in [0.25, 0.3) is 0 Å². The first-order valence-corrected chi connectivity index (χ1v) is 12.2. The molecule has 2 atom stereocenters. The van der Waals surface area contributed by atoms with Crippen molar-refractivity contribution in [2.24, 2.45) is 5.92 Å². The maximum atomic E-state index is 13.8. The van der Waals surface area contributed by atoms with Crippen molar-refractivity contribution in [1.29, 1.82) is 0 Å². The molecule has 0 bridgehead atoms. The summed E-state index contributed by atoms with van der Waals surface area (Å²) in [6.07, 6.45) is 0.692. The lowest BCUT2D eigenvalue weighted by atomic mass is 9.84. The summed E-state index contributed by atoms with van der Waals surface area (Å²) in [5, 5.41) is 5.37. The van der Waals surface area contributed by atoms with Crippen molar-refractivity contribution in [2.45, 2.75) is 44.3 Å². The number of piperidine rings is 2. The first-order valence-electron chi connectivity index (χ1n) is 10.9. The summed E-state index contributed by atoms with van der Waals surface area (Å²) in [6.45, 7) is 2.32. The molecule has 2 saturated heterocycles. The topological polar surface area (TPSA) is 59.7 Å². The Bertz CT molecular complexity index is 1160. The van der Waals surface area contributed by atoms with E-state index in [-0.39, 0.29) is 34.6 Å². The molecule has 3 aromatic heterocycles. The lowest BCUT2D eigenvalue weighted by Crippen LogP contribution is -2.49. The summed E-state index contributed by atoms with van der Waals surface area (Å²) in [7, 11) is 0. The molecule has 0 unspecified atom stereocenters. The maximum absolute atomic E-state index is 13.8. The van der Waals surface area contributed by atoms with Crippen molar-refractivity contribution in [3.63, 3.8) is 0 Å². The van der Waals surface area contributed by atoms with Gasteiger partial charge in [0.1, 0.15) is 5.02 Å². The molecule has 33 heavy (non-hydrogen) atoms. The zero-order valence-corrected chi connectivity index (χ0v) is 19.2. The van der Waals surface area contributed by atoms with Gasteiger partial charge in [0.2, 0.25) is 0 Å². The third-order valence-electron chi connectivity index (χ3n) is 6.45. The fraction of sp³-hybridized carbons (Fsp3) is 0.500. The van der Waals surface area contributed by atoms with Crippen LogP contribution in [0.2, 0.25) is 5.02 Å². The van der Waals surface area contributed by atoms with Crippen LogP contribution in [0.4, 0.5) is 13.2 Å². The standard InChI is InChI=1S/C22H22ClF3N4O2S/c23-18-19(21(31)32-12-13-5-3-9-29-8-2-1-6-15(13)29)28-30-17(22(24,25)26)11-14(27-20(18)30)16-7-4-10-33-16/h4,7,10-11,13,15H,1-3,5-6,8-9,12H2/t13-,15-/m1/s1. The lowest BCUT2D eigenvalue weighted by molar-refractivity contribution is -0.142. The van der Waals surface area contributed by atoms with E-state index in [2.05, 4.69) is 15.0 Å². The molecule has 0 aromatic carbocycles. The molecule has 0 aliphatic carbocycles. The third-order valence-corrected chi connectivity index (χ3v) is 7.69. The number of thiophene rings is 1. The van der Waals surface area contributed by atoms with Crippen molar-refractivity contribution < 1.29 is 22.7 Å². The molecule has 2 fully saturated rings. The SMILES string of the molecule is O=C(OC[C@H]1CCCN2CCCC[C@H]12)c1nn2c(C(F)(F)F)cc(-c3cccs3)nc2c1Cl. The molecule has 11 heteroatoms. The van der Waals surface area contributed by atoms with Crippen LogP contribution in [-0.4, -0.2) is 51.2 Å². The molecule has 0 spiro atoms. The quantitative estimate of drug-likeness (QED) is 0.441. The predicted octanol–water partition coefficient (Wildman–Crippen LogP) is 5.55. The molecule has 3 aromatic rings. The van der Waals surface area contributed by atoms with Crippen molar-refractivity contribution in [3.8, 4) is 10.6 Å². The largest absolute Gasteiger partial charge is 0.461 e. The van der Waals surface area contributed by atoms with Gasteiger partial charge < -0.3 is 4.74 Å². The van der Waals surface area contributed by atoms with Crippen molar-refractivity contribution in [3.05, 3.63) is 40.0 Å². The minimum atomic E-state index is -4.71. The highest BCUT2D eigenvalue weighted by atomic mass is 35.5. The highest BCUT2D eigenvalue weighted by Gasteiger charge is 2.38. The van der Waals surface area contributed by atoms with Gasteiger partial charge in [-0.25, -0.2) is 14.3 Å². The van der Waals surface area contributed by atoms with Gasteiger partial charge in [0.15, 0.2) is 17.0 Å². The molecule has 176 valence electrons. The smallest absolute Gasteiger partial charge is 0.433 e. The molecule has 5 heterocycles. The van der Waals surface area contributed by atoms with Crippen LogP contribution < -0.4 is 0 Å². The van der Waals surface area contributed by atoms with Crippen LogP contribution in [0, 0.1) is 5.92 Å². The zero-order valence-electron chi connectivity index (χ0n) is 17.6. The summed E-state index contributed by atoms with van der Waals surface area (Å²) in [4.78, 5) is 20.1. The van der Waals surface area contributed by atoms with Gasteiger partial charge >= 0.3 is 12.1 Å². The Kier molecular flexibility index (Phi) is 6.09. The number of nitrogens with zero attached hydrogens (tertiary/aromatic N) is 4. The van der Waals surface area contributed by atoms with Crippen LogP contribution in [0.5, 0.6) is 0 Å². The van der Waals surface area contributed by atoms with E-state index in [9.17, 15) is 18.0 Å². The molecule has 2 aliphatic heterocycles. The van der Waals surface area contributed by atoms with Gasteiger partial charge in [-0.3, -0.25) is 4.90 Å². The number of esters is 1. The molecular weight excluding hydrogens is 477 g/mol. The van der Waals surface area contributed by atoms with Gasteiger partial charge in [-0.05, 0) is 56.3 Å². The molecular formula is C22H22ClF3N4O2S. The summed E-state index contributed by atoms with van der Waals surface area (Å²) in [6, 6.07) is 4.68. The van der Waals surface area contributed by atoms with E-state index in [0.29, 0.717) is 15.4 Å². The van der Waals surface area contributed by atoms with E-state index < -0.39 is 17.8 Å². The minimum Gasteiger partial charge on any atom is -0.461 e. The molecule has 5 rings (SSSR count). The Balaban J connectivity index is 1.43. The number of aromatic nitrogens is 3. The van der Waals surface area contributed by atoms with Gasteiger partial charge in [-0.1, -0.05) is 24.1 Å². The van der Waals surface area contributed by atoms with E-state index >= 15 is 0 Å². The van der Waals surface area contributed by atoms with Gasteiger partial charge in [-0.2, -0.15) is 18.3 Å². The van der Waals surface area contributed by atoms with Gasteiger partial charge in [0.05, 0.1) is 17.2 Å². The van der Waals surface area contributed by atoms with E-state index in [1.807, 2.05) is 0 Å². The number of carbonyl (C=O) groups is 1. The monoisotopic (exact) mass is 498 g/mol. The van der Waals surface area contributed by atoms with E-state index in [1.54, 1.807) is 17.5 Å². The minimum absolute atomic E-state index is 0.117. The number of halogens is 4. The van der Waals surface area contributed by atoms with E-state index in [4.69, 9.17) is 16.3 Å². The Morgan fingerprint density at radius 1 is 1.24 bits per heavy atom. The normalized spacial score (nSPS) is 21.8. The first-order chi connectivity index (χ1) is 15.8. The summed E-state index contributed by atoms with van der Waals surface area (Å²) < 4.78 is 47.4. The van der Waals surface area contributed by atoms with E-state index in [1.165, 1.54) is 17.8 Å². The van der Waals surface area contributed by atoms with Crippen LogP contribution in [0.1, 0.15) is 48.3 Å². The van der Waals surface area contributed by atoms with E-state index in [0.717, 1.165) is 44.8 Å². The number of rotatable bonds is 4. The third kappa shape index (κ3) is 4.36. The molecule has 0 N–H and O–H groups in total. The van der Waals surface area contributed by atoms with Crippen molar-refractivity contribution in [2.75, 3.05) is 19.7 Å². The highest BCUT2D eigenvalue weighted by Crippen LogP contribution is 2.36. The van der Waals surface area contributed by atoms with Gasteiger partial charge in [-0.15, -0.1) is 11.3 Å². The number of ether oxygens (including phenoxy) is 1. The fourth-order valence-corrected chi connectivity index (χ4v) is 5.82. The Labute approximate surface area is 197 Å². The number of hydrogen-bond acceptors (Lipinski definition) is 6. The summed E-state index contributed by atoms with van der Waals surface area (Å²) in [5.41, 5.74) is -1.51. The average molecular weight is 499 g/mol. The maximum Gasteiger partial charge on any atom is 0.433 e.